The number of rotatable bonds is 4. The Kier molecular flexibility index (Phi) is 6.92. The van der Waals surface area contributed by atoms with Gasteiger partial charge in [0.05, 0.1) is 12.2 Å². The van der Waals surface area contributed by atoms with E-state index in [2.05, 4.69) is 70.3 Å². The van der Waals surface area contributed by atoms with Crippen LogP contribution in [0.25, 0.3) is 0 Å². The van der Waals surface area contributed by atoms with Crippen molar-refractivity contribution < 1.29 is 0 Å². The Morgan fingerprint density at radius 1 is 1.44 bits per heavy atom. The van der Waals surface area contributed by atoms with Gasteiger partial charge in [0.2, 0.25) is 0 Å². The second-order valence-corrected chi connectivity index (χ2v) is 6.80. The highest BCUT2D eigenvalue weighted by Crippen LogP contribution is 2.21. The zero-order valence-electron chi connectivity index (χ0n) is 15.5. The van der Waals surface area contributed by atoms with Gasteiger partial charge in [-0.15, -0.1) is 24.0 Å². The number of halogens is 1. The van der Waals surface area contributed by atoms with E-state index in [-0.39, 0.29) is 24.0 Å². The van der Waals surface area contributed by atoms with Crippen LogP contribution < -0.4 is 10.6 Å². The molecule has 0 fully saturated rings. The van der Waals surface area contributed by atoms with Gasteiger partial charge < -0.3 is 15.2 Å². The molecule has 0 spiro atoms. The first-order chi connectivity index (χ1) is 11.6. The molecule has 0 aliphatic heterocycles. The van der Waals surface area contributed by atoms with Crippen molar-refractivity contribution in [3.05, 3.63) is 41.5 Å². The lowest BCUT2D eigenvalue weighted by Gasteiger charge is -2.24. The first-order valence-electron chi connectivity index (χ1n) is 8.71. The minimum atomic E-state index is 0. The molecule has 1 atom stereocenters. The predicted octanol–water partition coefficient (Wildman–Crippen LogP) is 2.64. The molecule has 138 valence electrons. The van der Waals surface area contributed by atoms with Gasteiger partial charge in [-0.3, -0.25) is 9.67 Å². The van der Waals surface area contributed by atoms with Crippen molar-refractivity contribution in [1.29, 1.82) is 0 Å². The van der Waals surface area contributed by atoms with Gasteiger partial charge in [0.1, 0.15) is 0 Å². The standard InChI is InChI=1S/C18H28N6.HI/c1-13(2)24-12-14-7-8-15(10-17(14)22-24)21-18(19-3)20-11-16-6-5-9-23(16)4;/h5-6,9,12-13,15H,7-8,10-11H2,1-4H3,(H2,19,20,21);1H. The van der Waals surface area contributed by atoms with E-state index in [9.17, 15) is 0 Å². The zero-order chi connectivity index (χ0) is 17.1. The fraction of sp³-hybridized carbons (Fsp3) is 0.556. The summed E-state index contributed by atoms with van der Waals surface area (Å²) in [6.07, 6.45) is 7.41. The molecule has 0 saturated carbocycles. The first kappa shape index (κ1) is 19.8. The summed E-state index contributed by atoms with van der Waals surface area (Å²) in [6.45, 7) is 5.11. The molecule has 2 N–H and O–H groups in total. The lowest BCUT2D eigenvalue weighted by atomic mass is 9.94. The molecule has 2 heterocycles. The molecule has 6 nitrogen and oxygen atoms in total. The number of fused-ring (bicyclic) bond motifs is 1. The molecule has 0 bridgehead atoms. The number of guanidine groups is 1. The van der Waals surface area contributed by atoms with E-state index < -0.39 is 0 Å². The molecule has 2 aromatic heterocycles. The van der Waals surface area contributed by atoms with E-state index in [1.165, 1.54) is 17.0 Å². The van der Waals surface area contributed by atoms with Crippen LogP contribution in [0.1, 0.15) is 43.3 Å². The summed E-state index contributed by atoms with van der Waals surface area (Å²) in [5.41, 5.74) is 3.86. The Hall–Kier alpha value is -1.51. The summed E-state index contributed by atoms with van der Waals surface area (Å²) in [5, 5.41) is 11.7. The summed E-state index contributed by atoms with van der Waals surface area (Å²) in [5.74, 6) is 0.855. The smallest absolute Gasteiger partial charge is 0.191 e. The van der Waals surface area contributed by atoms with E-state index in [0.29, 0.717) is 12.1 Å². The molecule has 0 radical (unpaired) electrons. The van der Waals surface area contributed by atoms with Gasteiger partial charge in [0.15, 0.2) is 5.96 Å². The van der Waals surface area contributed by atoms with Gasteiger partial charge in [0, 0.05) is 50.7 Å². The van der Waals surface area contributed by atoms with Gasteiger partial charge in [0.25, 0.3) is 0 Å². The maximum absolute atomic E-state index is 4.74. The molecule has 7 heteroatoms. The topological polar surface area (TPSA) is 59.2 Å². The molecule has 0 saturated heterocycles. The Labute approximate surface area is 167 Å². The summed E-state index contributed by atoms with van der Waals surface area (Å²) < 4.78 is 4.20. The summed E-state index contributed by atoms with van der Waals surface area (Å²) in [7, 11) is 3.88. The molecular weight excluding hydrogens is 427 g/mol. The maximum atomic E-state index is 4.74. The molecule has 0 amide bonds. The maximum Gasteiger partial charge on any atom is 0.191 e. The number of nitrogens with zero attached hydrogens (tertiary/aromatic N) is 4. The number of hydrogen-bond acceptors (Lipinski definition) is 2. The number of hydrogen-bond donors (Lipinski definition) is 2. The highest BCUT2D eigenvalue weighted by molar-refractivity contribution is 14.0. The van der Waals surface area contributed by atoms with Gasteiger partial charge in [-0.25, -0.2) is 0 Å². The Bertz CT molecular complexity index is 715. The second kappa shape index (κ2) is 8.73. The average molecular weight is 456 g/mol. The van der Waals surface area contributed by atoms with Crippen molar-refractivity contribution in [2.24, 2.45) is 12.0 Å². The molecule has 0 aromatic carbocycles. The predicted molar refractivity (Wildman–Crippen MR) is 113 cm³/mol. The third-order valence-electron chi connectivity index (χ3n) is 4.68. The van der Waals surface area contributed by atoms with Crippen LogP contribution in [0.2, 0.25) is 0 Å². The highest BCUT2D eigenvalue weighted by Gasteiger charge is 2.23. The second-order valence-electron chi connectivity index (χ2n) is 6.80. The van der Waals surface area contributed by atoms with Gasteiger partial charge in [-0.05, 0) is 44.4 Å². The monoisotopic (exact) mass is 456 g/mol. The van der Waals surface area contributed by atoms with Crippen LogP contribution in [-0.2, 0) is 26.4 Å². The van der Waals surface area contributed by atoms with E-state index in [4.69, 9.17) is 5.10 Å². The number of aliphatic imine (C=N–C) groups is 1. The molecule has 1 aliphatic rings. The van der Waals surface area contributed by atoms with Crippen molar-refractivity contribution in [1.82, 2.24) is 25.0 Å². The normalized spacial score (nSPS) is 17.2. The van der Waals surface area contributed by atoms with Crippen molar-refractivity contribution in [3.63, 3.8) is 0 Å². The van der Waals surface area contributed by atoms with E-state index in [0.717, 1.165) is 31.8 Å². The number of nitrogens with one attached hydrogen (secondary N) is 2. The SMILES string of the molecule is CN=C(NCc1cccn1C)NC1CCc2cn(C(C)C)nc2C1.I. The number of aromatic nitrogens is 3. The lowest BCUT2D eigenvalue weighted by Crippen LogP contribution is -2.45. The third kappa shape index (κ3) is 4.77. The zero-order valence-corrected chi connectivity index (χ0v) is 17.8. The van der Waals surface area contributed by atoms with E-state index in [1.54, 1.807) is 0 Å². The molecule has 25 heavy (non-hydrogen) atoms. The van der Waals surface area contributed by atoms with E-state index in [1.807, 2.05) is 7.05 Å². The Balaban J connectivity index is 0.00000225. The van der Waals surface area contributed by atoms with Crippen LogP contribution in [0.3, 0.4) is 0 Å². The van der Waals surface area contributed by atoms with Crippen LogP contribution >= 0.6 is 24.0 Å². The minimum absolute atomic E-state index is 0. The van der Waals surface area contributed by atoms with Gasteiger partial charge in [-0.2, -0.15) is 5.10 Å². The summed E-state index contributed by atoms with van der Waals surface area (Å²) >= 11 is 0. The van der Waals surface area contributed by atoms with Crippen molar-refractivity contribution in [3.8, 4) is 0 Å². The fourth-order valence-corrected chi connectivity index (χ4v) is 3.14. The quantitative estimate of drug-likeness (QED) is 0.423. The van der Waals surface area contributed by atoms with Crippen LogP contribution in [-0.4, -0.2) is 33.4 Å². The Morgan fingerprint density at radius 3 is 2.88 bits per heavy atom. The van der Waals surface area contributed by atoms with Gasteiger partial charge in [-0.1, -0.05) is 0 Å². The van der Waals surface area contributed by atoms with Crippen molar-refractivity contribution in [2.45, 2.75) is 51.7 Å². The van der Waals surface area contributed by atoms with Crippen molar-refractivity contribution >= 4 is 29.9 Å². The first-order valence-corrected chi connectivity index (χ1v) is 8.71. The third-order valence-corrected chi connectivity index (χ3v) is 4.68. The number of aryl methyl sites for hydroxylation is 2. The fourth-order valence-electron chi connectivity index (χ4n) is 3.14. The molecule has 1 unspecified atom stereocenters. The van der Waals surface area contributed by atoms with Gasteiger partial charge >= 0.3 is 0 Å². The largest absolute Gasteiger partial charge is 0.353 e. The van der Waals surface area contributed by atoms with Crippen LogP contribution in [0, 0.1) is 0 Å². The summed E-state index contributed by atoms with van der Waals surface area (Å²) in [6, 6.07) is 4.97. The minimum Gasteiger partial charge on any atom is -0.353 e. The lowest BCUT2D eigenvalue weighted by molar-refractivity contribution is 0.499. The van der Waals surface area contributed by atoms with Crippen LogP contribution in [0.15, 0.2) is 29.5 Å². The Morgan fingerprint density at radius 2 is 2.24 bits per heavy atom. The average Bonchev–Trinajstić information content (AvgIpc) is 3.17. The molecule has 1 aliphatic carbocycles. The van der Waals surface area contributed by atoms with Crippen LogP contribution in [0.5, 0.6) is 0 Å². The van der Waals surface area contributed by atoms with E-state index >= 15 is 0 Å². The van der Waals surface area contributed by atoms with Crippen molar-refractivity contribution in [2.75, 3.05) is 7.05 Å². The molecule has 3 rings (SSSR count). The van der Waals surface area contributed by atoms with Crippen LogP contribution in [0.4, 0.5) is 0 Å². The summed E-state index contributed by atoms with van der Waals surface area (Å²) in [4.78, 5) is 4.36. The molecular formula is C18H29IN6. The molecule has 2 aromatic rings. The highest BCUT2D eigenvalue weighted by atomic mass is 127.